The lowest BCUT2D eigenvalue weighted by atomic mass is 10.2. The number of hydrogen-bond acceptors (Lipinski definition) is 4. The summed E-state index contributed by atoms with van der Waals surface area (Å²) < 4.78 is 10.9. The van der Waals surface area contributed by atoms with Crippen molar-refractivity contribution in [3.63, 3.8) is 0 Å². The average molecular weight is 328 g/mol. The molecule has 0 saturated carbocycles. The van der Waals surface area contributed by atoms with Crippen LogP contribution in [0.5, 0.6) is 5.75 Å². The number of anilines is 1. The largest absolute Gasteiger partial charge is 0.482 e. The molecule has 1 atom stereocenters. The maximum Gasteiger partial charge on any atom is 0.265 e. The van der Waals surface area contributed by atoms with Gasteiger partial charge in [-0.05, 0) is 38.1 Å². The number of carbonyl (C=O) groups excluding carboxylic acids is 2. The molecular formula is C18H20N2O4. The molecule has 2 heterocycles. The van der Waals surface area contributed by atoms with Gasteiger partial charge >= 0.3 is 0 Å². The predicted molar refractivity (Wildman–Crippen MR) is 88.9 cm³/mol. The van der Waals surface area contributed by atoms with E-state index in [1.54, 1.807) is 4.90 Å². The summed E-state index contributed by atoms with van der Waals surface area (Å²) in [6.45, 7) is 4.04. The molecule has 1 aliphatic rings. The van der Waals surface area contributed by atoms with Gasteiger partial charge in [-0.15, -0.1) is 0 Å². The Bertz CT molecular complexity index is 753. The molecule has 6 nitrogen and oxygen atoms in total. The van der Waals surface area contributed by atoms with E-state index in [-0.39, 0.29) is 30.9 Å². The van der Waals surface area contributed by atoms with Gasteiger partial charge in [0.25, 0.3) is 5.91 Å². The summed E-state index contributed by atoms with van der Waals surface area (Å²) in [6.07, 6.45) is 0.212. The number of nitrogens with zero attached hydrogens (tertiary/aromatic N) is 1. The van der Waals surface area contributed by atoms with E-state index in [1.807, 2.05) is 50.2 Å². The number of rotatable bonds is 5. The fraction of sp³-hybridized carbons (Fsp3) is 0.333. The number of para-hydroxylation sites is 2. The predicted octanol–water partition coefficient (Wildman–Crippen LogP) is 2.58. The van der Waals surface area contributed by atoms with Crippen molar-refractivity contribution in [1.82, 2.24) is 5.32 Å². The first kappa shape index (κ1) is 16.1. The third-order valence-corrected chi connectivity index (χ3v) is 3.94. The molecule has 0 radical (unpaired) electrons. The molecule has 1 aromatic carbocycles. The molecule has 24 heavy (non-hydrogen) atoms. The van der Waals surface area contributed by atoms with Crippen molar-refractivity contribution in [2.45, 2.75) is 26.3 Å². The Balaban J connectivity index is 1.59. The lowest BCUT2D eigenvalue weighted by molar-refractivity contribution is -0.122. The Morgan fingerprint density at radius 3 is 2.83 bits per heavy atom. The number of furan rings is 1. The summed E-state index contributed by atoms with van der Waals surface area (Å²) in [5, 5.41) is 2.89. The number of aryl methyl sites for hydroxylation is 1. The molecule has 0 spiro atoms. The highest BCUT2D eigenvalue weighted by atomic mass is 16.5. The maximum absolute atomic E-state index is 12.2. The minimum atomic E-state index is -0.209. The van der Waals surface area contributed by atoms with Crippen LogP contribution < -0.4 is 15.0 Å². The van der Waals surface area contributed by atoms with Crippen LogP contribution in [0.4, 0.5) is 5.69 Å². The Hall–Kier alpha value is -2.76. The van der Waals surface area contributed by atoms with Crippen molar-refractivity contribution in [3.05, 3.63) is 47.9 Å². The van der Waals surface area contributed by atoms with E-state index in [2.05, 4.69) is 5.32 Å². The summed E-state index contributed by atoms with van der Waals surface area (Å²) in [5.74, 6) is 1.91. The maximum atomic E-state index is 12.2. The van der Waals surface area contributed by atoms with Crippen LogP contribution in [0.15, 0.2) is 40.8 Å². The number of carbonyl (C=O) groups is 2. The Morgan fingerprint density at radius 1 is 1.29 bits per heavy atom. The van der Waals surface area contributed by atoms with Crippen molar-refractivity contribution in [2.75, 3.05) is 18.1 Å². The first-order valence-corrected chi connectivity index (χ1v) is 7.92. The number of nitrogens with one attached hydrogen (secondary N) is 1. The van der Waals surface area contributed by atoms with Gasteiger partial charge in [0.15, 0.2) is 6.61 Å². The first-order valence-electron chi connectivity index (χ1n) is 7.92. The highest BCUT2D eigenvalue weighted by Crippen LogP contribution is 2.31. The molecular weight excluding hydrogens is 308 g/mol. The minimum absolute atomic E-state index is 0.000702. The molecule has 2 amide bonds. The van der Waals surface area contributed by atoms with Gasteiger partial charge in [-0.3, -0.25) is 9.59 Å². The lowest BCUT2D eigenvalue weighted by Crippen LogP contribution is -2.41. The van der Waals surface area contributed by atoms with E-state index in [9.17, 15) is 9.59 Å². The molecule has 1 aliphatic heterocycles. The monoisotopic (exact) mass is 328 g/mol. The second-order valence-corrected chi connectivity index (χ2v) is 5.79. The zero-order valence-corrected chi connectivity index (χ0v) is 13.7. The molecule has 126 valence electrons. The number of benzene rings is 1. The van der Waals surface area contributed by atoms with Gasteiger partial charge in [0.05, 0.1) is 11.7 Å². The van der Waals surface area contributed by atoms with Crippen LogP contribution in [0.3, 0.4) is 0 Å². The van der Waals surface area contributed by atoms with Crippen molar-refractivity contribution in [1.29, 1.82) is 0 Å². The summed E-state index contributed by atoms with van der Waals surface area (Å²) in [7, 11) is 0. The molecule has 3 rings (SSSR count). The third kappa shape index (κ3) is 3.42. The van der Waals surface area contributed by atoms with Crippen LogP contribution in [0, 0.1) is 6.92 Å². The normalized spacial score (nSPS) is 14.8. The van der Waals surface area contributed by atoms with Crippen molar-refractivity contribution in [3.8, 4) is 5.75 Å². The minimum Gasteiger partial charge on any atom is -0.482 e. The summed E-state index contributed by atoms with van der Waals surface area (Å²) >= 11 is 0. The number of hydrogen-bond donors (Lipinski definition) is 1. The molecule has 0 fully saturated rings. The van der Waals surface area contributed by atoms with E-state index in [0.717, 1.165) is 5.76 Å². The molecule has 0 bridgehead atoms. The Labute approximate surface area is 140 Å². The van der Waals surface area contributed by atoms with Crippen LogP contribution in [0.2, 0.25) is 0 Å². The van der Waals surface area contributed by atoms with Crippen molar-refractivity contribution < 1.29 is 18.7 Å². The van der Waals surface area contributed by atoms with Gasteiger partial charge in [0, 0.05) is 13.0 Å². The van der Waals surface area contributed by atoms with E-state index in [0.29, 0.717) is 23.7 Å². The average Bonchev–Trinajstić information content (AvgIpc) is 3.00. The van der Waals surface area contributed by atoms with Gasteiger partial charge in [0.2, 0.25) is 5.91 Å². The second kappa shape index (κ2) is 6.78. The van der Waals surface area contributed by atoms with Crippen LogP contribution in [0.25, 0.3) is 0 Å². The Morgan fingerprint density at radius 2 is 2.08 bits per heavy atom. The Kier molecular flexibility index (Phi) is 4.55. The van der Waals surface area contributed by atoms with Crippen molar-refractivity contribution >= 4 is 17.5 Å². The van der Waals surface area contributed by atoms with E-state index < -0.39 is 0 Å². The van der Waals surface area contributed by atoms with Gasteiger partial charge < -0.3 is 19.4 Å². The van der Waals surface area contributed by atoms with Crippen LogP contribution in [-0.4, -0.2) is 25.0 Å². The van der Waals surface area contributed by atoms with Crippen LogP contribution >= 0.6 is 0 Å². The molecule has 1 N–H and O–H groups in total. The third-order valence-electron chi connectivity index (χ3n) is 3.94. The quantitative estimate of drug-likeness (QED) is 0.916. The SMILES string of the molecule is Cc1ccc(C(C)NC(=O)CCN2C(=O)COc3ccccc32)o1. The molecule has 2 aromatic rings. The molecule has 1 aromatic heterocycles. The smallest absolute Gasteiger partial charge is 0.265 e. The highest BCUT2D eigenvalue weighted by molar-refractivity contribution is 5.98. The van der Waals surface area contributed by atoms with Gasteiger partial charge in [-0.2, -0.15) is 0 Å². The summed E-state index contributed by atoms with van der Waals surface area (Å²) in [6, 6.07) is 10.8. The lowest BCUT2D eigenvalue weighted by Gasteiger charge is -2.29. The van der Waals surface area contributed by atoms with Gasteiger partial charge in [0.1, 0.15) is 17.3 Å². The number of amides is 2. The van der Waals surface area contributed by atoms with E-state index in [1.165, 1.54) is 0 Å². The summed E-state index contributed by atoms with van der Waals surface area (Å²) in [5.41, 5.74) is 0.705. The molecule has 6 heteroatoms. The van der Waals surface area contributed by atoms with E-state index in [4.69, 9.17) is 9.15 Å². The topological polar surface area (TPSA) is 71.8 Å². The second-order valence-electron chi connectivity index (χ2n) is 5.79. The van der Waals surface area contributed by atoms with Crippen molar-refractivity contribution in [2.24, 2.45) is 0 Å². The summed E-state index contributed by atoms with van der Waals surface area (Å²) in [4.78, 5) is 25.8. The van der Waals surface area contributed by atoms with Crippen LogP contribution in [-0.2, 0) is 9.59 Å². The standard InChI is InChI=1S/C18H20N2O4/c1-12-7-8-15(24-12)13(2)19-17(21)9-10-20-14-5-3-4-6-16(14)23-11-18(20)22/h3-8,13H,9-11H2,1-2H3,(H,19,21). The van der Waals surface area contributed by atoms with E-state index >= 15 is 0 Å². The molecule has 1 unspecified atom stereocenters. The highest BCUT2D eigenvalue weighted by Gasteiger charge is 2.25. The zero-order chi connectivity index (χ0) is 17.1. The molecule has 0 saturated heterocycles. The zero-order valence-electron chi connectivity index (χ0n) is 13.7. The van der Waals surface area contributed by atoms with Crippen LogP contribution in [0.1, 0.15) is 30.9 Å². The number of ether oxygens (including phenoxy) is 1. The van der Waals surface area contributed by atoms with Gasteiger partial charge in [-0.1, -0.05) is 12.1 Å². The number of fused-ring (bicyclic) bond motifs is 1. The first-order chi connectivity index (χ1) is 11.5. The fourth-order valence-electron chi connectivity index (χ4n) is 2.68. The molecule has 0 aliphatic carbocycles. The fourth-order valence-corrected chi connectivity index (χ4v) is 2.68. The van der Waals surface area contributed by atoms with Gasteiger partial charge in [-0.25, -0.2) is 0 Å².